The number of halogens is 2. The van der Waals surface area contributed by atoms with Crippen LogP contribution in [0.3, 0.4) is 0 Å². The van der Waals surface area contributed by atoms with Crippen LogP contribution in [0.1, 0.15) is 25.8 Å². The summed E-state index contributed by atoms with van der Waals surface area (Å²) in [6.07, 6.45) is 0.280. The maximum Gasteiger partial charge on any atom is 0.264 e. The maximum absolute atomic E-state index is 14.1. The number of hydrogen-bond donors (Lipinski definition) is 1. The molecule has 0 saturated heterocycles. The van der Waals surface area contributed by atoms with Crippen molar-refractivity contribution in [3.63, 3.8) is 0 Å². The number of nitrogens with one attached hydrogen (secondary N) is 1. The lowest BCUT2D eigenvalue weighted by Gasteiger charge is -2.33. The molecule has 0 saturated carbocycles. The molecule has 220 valence electrons. The van der Waals surface area contributed by atoms with Gasteiger partial charge in [-0.3, -0.25) is 13.9 Å². The number of carbonyl (C=O) groups is 2. The number of nitrogens with zero attached hydrogens (tertiary/aromatic N) is 2. The topological polar surface area (TPSA) is 105 Å². The smallest absolute Gasteiger partial charge is 0.264 e. The van der Waals surface area contributed by atoms with Crippen LogP contribution in [0.15, 0.2) is 71.6 Å². The van der Waals surface area contributed by atoms with Gasteiger partial charge < -0.3 is 19.7 Å². The number of hydrogen-bond acceptors (Lipinski definition) is 6. The van der Waals surface area contributed by atoms with Crippen molar-refractivity contribution in [3.8, 4) is 11.5 Å². The molecule has 0 radical (unpaired) electrons. The molecule has 2 amide bonds. The minimum atomic E-state index is -4.28. The van der Waals surface area contributed by atoms with Crippen LogP contribution in [-0.2, 0) is 26.2 Å². The summed E-state index contributed by atoms with van der Waals surface area (Å²) in [7, 11) is -1.40. The highest BCUT2D eigenvalue weighted by Gasteiger charge is 2.34. The van der Waals surface area contributed by atoms with Gasteiger partial charge in [0.15, 0.2) is 0 Å². The minimum absolute atomic E-state index is 0.0488. The molecule has 9 nitrogen and oxygen atoms in total. The Hall–Kier alpha value is -3.47. The van der Waals surface area contributed by atoms with E-state index >= 15 is 0 Å². The number of ether oxygens (including phenoxy) is 2. The largest absolute Gasteiger partial charge is 0.497 e. The van der Waals surface area contributed by atoms with Crippen LogP contribution in [0.25, 0.3) is 0 Å². The number of para-hydroxylation sites is 2. The fraction of sp³-hybridized carbons (Fsp3) is 0.310. The highest BCUT2D eigenvalue weighted by molar-refractivity contribution is 7.92. The number of rotatable bonds is 13. The lowest BCUT2D eigenvalue weighted by Crippen LogP contribution is -2.52. The van der Waals surface area contributed by atoms with Gasteiger partial charge >= 0.3 is 0 Å². The Bertz CT molecular complexity index is 1470. The molecule has 0 bridgehead atoms. The average molecular weight is 623 g/mol. The van der Waals surface area contributed by atoms with E-state index in [0.29, 0.717) is 27.9 Å². The van der Waals surface area contributed by atoms with Crippen molar-refractivity contribution in [2.24, 2.45) is 0 Å². The number of anilines is 1. The zero-order valence-electron chi connectivity index (χ0n) is 23.3. The third-order valence-corrected chi connectivity index (χ3v) is 8.73. The van der Waals surface area contributed by atoms with Crippen LogP contribution in [0, 0.1) is 0 Å². The number of amides is 2. The Morgan fingerprint density at radius 3 is 2.22 bits per heavy atom. The van der Waals surface area contributed by atoms with E-state index in [-0.39, 0.29) is 35.2 Å². The van der Waals surface area contributed by atoms with Crippen molar-refractivity contribution in [2.75, 3.05) is 31.6 Å². The van der Waals surface area contributed by atoms with Crippen molar-refractivity contribution < 1.29 is 27.5 Å². The van der Waals surface area contributed by atoms with Crippen LogP contribution in [0.2, 0.25) is 10.0 Å². The number of benzene rings is 3. The monoisotopic (exact) mass is 621 g/mol. The first-order valence-corrected chi connectivity index (χ1v) is 15.1. The Morgan fingerprint density at radius 2 is 1.63 bits per heavy atom. The fourth-order valence-corrected chi connectivity index (χ4v) is 6.16. The normalized spacial score (nSPS) is 11.9. The number of methoxy groups -OCH3 is 2. The molecule has 0 aliphatic rings. The molecule has 12 heteroatoms. The molecular weight excluding hydrogens is 589 g/mol. The summed E-state index contributed by atoms with van der Waals surface area (Å²) < 4.78 is 39.7. The van der Waals surface area contributed by atoms with E-state index in [0.717, 1.165) is 4.31 Å². The Kier molecular flexibility index (Phi) is 11.3. The molecule has 0 aromatic heterocycles. The fourth-order valence-electron chi connectivity index (χ4n) is 4.27. The van der Waals surface area contributed by atoms with E-state index in [1.807, 2.05) is 0 Å². The SMILES string of the molecule is CCNC(=O)[C@@H](CC)N(Cc1ccc(Cl)cc1Cl)C(=O)CN(c1ccccc1OC)S(=O)(=O)c1ccc(OC)cc1. The van der Waals surface area contributed by atoms with E-state index in [1.165, 1.54) is 43.4 Å². The molecule has 0 spiro atoms. The molecule has 0 fully saturated rings. The summed E-state index contributed by atoms with van der Waals surface area (Å²) in [6.45, 7) is 3.24. The van der Waals surface area contributed by atoms with Crippen molar-refractivity contribution >= 4 is 50.7 Å². The second-order valence-electron chi connectivity index (χ2n) is 8.94. The van der Waals surface area contributed by atoms with Crippen LogP contribution >= 0.6 is 23.2 Å². The van der Waals surface area contributed by atoms with E-state index < -0.39 is 28.5 Å². The molecule has 1 N–H and O–H groups in total. The number of carbonyl (C=O) groups excluding carboxylic acids is 2. The molecule has 0 aliphatic heterocycles. The van der Waals surface area contributed by atoms with Gasteiger partial charge in [-0.2, -0.15) is 0 Å². The van der Waals surface area contributed by atoms with Gasteiger partial charge in [0.2, 0.25) is 11.8 Å². The van der Waals surface area contributed by atoms with Crippen LogP contribution in [0.4, 0.5) is 5.69 Å². The molecule has 3 aromatic carbocycles. The Labute approximate surface area is 251 Å². The minimum Gasteiger partial charge on any atom is -0.497 e. The predicted molar refractivity (Wildman–Crippen MR) is 160 cm³/mol. The number of sulfonamides is 1. The first-order chi connectivity index (χ1) is 19.6. The van der Waals surface area contributed by atoms with Crippen molar-refractivity contribution in [3.05, 3.63) is 82.3 Å². The van der Waals surface area contributed by atoms with E-state index in [2.05, 4.69) is 5.32 Å². The van der Waals surface area contributed by atoms with Gasteiger partial charge in [0, 0.05) is 23.1 Å². The van der Waals surface area contributed by atoms with E-state index in [1.54, 1.807) is 56.3 Å². The van der Waals surface area contributed by atoms with Gasteiger partial charge in [0.25, 0.3) is 10.0 Å². The molecule has 3 aromatic rings. The second-order valence-corrected chi connectivity index (χ2v) is 11.6. The highest BCUT2D eigenvalue weighted by Crippen LogP contribution is 2.33. The van der Waals surface area contributed by atoms with E-state index in [9.17, 15) is 18.0 Å². The third-order valence-electron chi connectivity index (χ3n) is 6.37. The first kappa shape index (κ1) is 32.0. The van der Waals surface area contributed by atoms with Crippen LogP contribution in [-0.4, -0.2) is 58.5 Å². The first-order valence-electron chi connectivity index (χ1n) is 12.9. The standard InChI is InChI=1S/C29H33Cl2N3O6S/c1-5-25(29(36)32-6-2)33(18-20-11-12-21(30)17-24(20)31)28(35)19-34(26-9-7-8-10-27(26)40-4)41(37,38)23-15-13-22(39-3)14-16-23/h7-17,25H,5-6,18-19H2,1-4H3,(H,32,36)/t25-/m1/s1. The summed E-state index contributed by atoms with van der Waals surface area (Å²) in [4.78, 5) is 28.5. The summed E-state index contributed by atoms with van der Waals surface area (Å²) in [6, 6.07) is 16.3. The van der Waals surface area contributed by atoms with Gasteiger partial charge in [-0.1, -0.05) is 48.3 Å². The molecule has 0 unspecified atom stereocenters. The Balaban J connectivity index is 2.12. The second kappa shape index (κ2) is 14.4. The quantitative estimate of drug-likeness (QED) is 0.283. The van der Waals surface area contributed by atoms with Crippen LogP contribution in [0.5, 0.6) is 11.5 Å². The third kappa shape index (κ3) is 7.63. The van der Waals surface area contributed by atoms with Crippen molar-refractivity contribution in [1.29, 1.82) is 0 Å². The van der Waals surface area contributed by atoms with Gasteiger partial charge in [-0.25, -0.2) is 8.42 Å². The Morgan fingerprint density at radius 1 is 0.951 bits per heavy atom. The summed E-state index contributed by atoms with van der Waals surface area (Å²) in [5, 5.41) is 3.49. The summed E-state index contributed by atoms with van der Waals surface area (Å²) >= 11 is 12.5. The lowest BCUT2D eigenvalue weighted by atomic mass is 10.1. The van der Waals surface area contributed by atoms with Crippen molar-refractivity contribution in [2.45, 2.75) is 37.8 Å². The molecule has 0 heterocycles. The zero-order chi connectivity index (χ0) is 30.2. The summed E-state index contributed by atoms with van der Waals surface area (Å²) in [5.41, 5.74) is 0.712. The highest BCUT2D eigenvalue weighted by atomic mass is 35.5. The molecule has 41 heavy (non-hydrogen) atoms. The lowest BCUT2D eigenvalue weighted by molar-refractivity contribution is -0.140. The van der Waals surface area contributed by atoms with Gasteiger partial charge in [-0.05, 0) is 67.4 Å². The predicted octanol–water partition coefficient (Wildman–Crippen LogP) is 5.15. The maximum atomic E-state index is 14.1. The van der Waals surface area contributed by atoms with E-state index in [4.69, 9.17) is 32.7 Å². The zero-order valence-corrected chi connectivity index (χ0v) is 25.6. The molecule has 3 rings (SSSR count). The van der Waals surface area contributed by atoms with Gasteiger partial charge in [-0.15, -0.1) is 0 Å². The van der Waals surface area contributed by atoms with Gasteiger partial charge in [0.05, 0.1) is 24.8 Å². The molecule has 1 atom stereocenters. The molecular formula is C29H33Cl2N3O6S. The van der Waals surface area contributed by atoms with Crippen LogP contribution < -0.4 is 19.1 Å². The van der Waals surface area contributed by atoms with Crippen molar-refractivity contribution in [1.82, 2.24) is 10.2 Å². The summed E-state index contributed by atoms with van der Waals surface area (Å²) in [5.74, 6) is -0.254. The average Bonchev–Trinajstić information content (AvgIpc) is 2.96. The molecule has 0 aliphatic carbocycles. The van der Waals surface area contributed by atoms with Gasteiger partial charge in [0.1, 0.15) is 24.1 Å². The number of likely N-dealkylation sites (N-methyl/N-ethyl adjacent to an activating group) is 1.